The van der Waals surface area contributed by atoms with Crippen LogP contribution in [0.15, 0.2) is 59.1 Å². The lowest BCUT2D eigenvalue weighted by Gasteiger charge is -2.38. The standard InChI is InChI=1S/C29H34F2N4O4/c1-18(21-10-12-32-16-23(21)29(38)35(2)13-11-19-6-4-3-5-7-19)26(36)17-33-28(37)25-15-27(39-34-25)22-9-8-20(30)14-24(22)31/h3-9,14-15,18,21,23,26,32,36H,10-13,16-17H2,1-2H3,(H,33,37)/t18-,21+,23-,26+/m1/s1. The molecule has 1 fully saturated rings. The number of benzene rings is 2. The van der Waals surface area contributed by atoms with Crippen molar-refractivity contribution in [3.8, 4) is 11.3 Å². The summed E-state index contributed by atoms with van der Waals surface area (Å²) in [6, 6.07) is 14.3. The normalized spacial score (nSPS) is 18.8. The molecular formula is C29H34F2N4O4. The van der Waals surface area contributed by atoms with Crippen LogP contribution in [-0.2, 0) is 11.2 Å². The maximum atomic E-state index is 14.0. The van der Waals surface area contributed by atoms with Gasteiger partial charge >= 0.3 is 0 Å². The first-order valence-corrected chi connectivity index (χ1v) is 13.1. The highest BCUT2D eigenvalue weighted by molar-refractivity contribution is 5.93. The number of amides is 2. The third-order valence-corrected chi connectivity index (χ3v) is 7.50. The van der Waals surface area contributed by atoms with Gasteiger partial charge in [0.1, 0.15) is 11.6 Å². The Morgan fingerprint density at radius 2 is 1.97 bits per heavy atom. The van der Waals surface area contributed by atoms with Crippen LogP contribution in [0.5, 0.6) is 0 Å². The smallest absolute Gasteiger partial charge is 0.273 e. The van der Waals surface area contributed by atoms with Gasteiger partial charge in [-0.2, -0.15) is 0 Å². The highest BCUT2D eigenvalue weighted by Crippen LogP contribution is 2.31. The summed E-state index contributed by atoms with van der Waals surface area (Å²) in [5.41, 5.74) is 1.05. The average molecular weight is 541 g/mol. The van der Waals surface area contributed by atoms with E-state index in [0.29, 0.717) is 13.1 Å². The second-order valence-electron chi connectivity index (χ2n) is 10.1. The molecular weight excluding hydrogens is 506 g/mol. The zero-order valence-electron chi connectivity index (χ0n) is 22.1. The molecule has 2 aromatic carbocycles. The number of halogens is 2. The van der Waals surface area contributed by atoms with Crippen molar-refractivity contribution in [3.63, 3.8) is 0 Å². The van der Waals surface area contributed by atoms with Gasteiger partial charge < -0.3 is 25.2 Å². The highest BCUT2D eigenvalue weighted by atomic mass is 19.1. The fourth-order valence-corrected chi connectivity index (χ4v) is 5.07. The first-order chi connectivity index (χ1) is 18.7. The van der Waals surface area contributed by atoms with Gasteiger partial charge in [0.25, 0.3) is 5.91 Å². The number of nitrogens with one attached hydrogen (secondary N) is 2. The lowest BCUT2D eigenvalue weighted by molar-refractivity contribution is -0.138. The SMILES string of the molecule is C[C@H]([C@@H]1CCNC[C@H]1C(=O)N(C)CCc1ccccc1)[C@@H](O)CNC(=O)c1cc(-c2ccc(F)cc2F)on1. The molecule has 1 aromatic heterocycles. The van der Waals surface area contributed by atoms with Gasteiger partial charge in [-0.25, -0.2) is 8.78 Å². The number of aromatic nitrogens is 1. The molecule has 0 radical (unpaired) electrons. The summed E-state index contributed by atoms with van der Waals surface area (Å²) < 4.78 is 32.3. The minimum atomic E-state index is -0.900. The first kappa shape index (κ1) is 28.4. The number of nitrogens with zero attached hydrogens (tertiary/aromatic N) is 2. The molecule has 0 unspecified atom stereocenters. The van der Waals surface area contributed by atoms with Crippen molar-refractivity contribution in [2.24, 2.45) is 17.8 Å². The largest absolute Gasteiger partial charge is 0.391 e. The average Bonchev–Trinajstić information content (AvgIpc) is 3.44. The van der Waals surface area contributed by atoms with Crippen LogP contribution in [0, 0.1) is 29.4 Å². The zero-order valence-corrected chi connectivity index (χ0v) is 22.1. The molecule has 3 N–H and O–H groups in total. The van der Waals surface area contributed by atoms with Crippen LogP contribution in [0.4, 0.5) is 8.78 Å². The molecule has 1 aliphatic rings. The van der Waals surface area contributed by atoms with E-state index in [1.807, 2.05) is 44.3 Å². The fraction of sp³-hybridized carbons (Fsp3) is 0.414. The molecule has 4 atom stereocenters. The van der Waals surface area contributed by atoms with Crippen molar-refractivity contribution < 1.29 is 28.0 Å². The first-order valence-electron chi connectivity index (χ1n) is 13.1. The summed E-state index contributed by atoms with van der Waals surface area (Å²) in [6.45, 7) is 3.71. The second kappa shape index (κ2) is 12.9. The van der Waals surface area contributed by atoms with E-state index in [-0.39, 0.29) is 47.2 Å². The number of carbonyl (C=O) groups is 2. The van der Waals surface area contributed by atoms with Crippen molar-refractivity contribution in [1.82, 2.24) is 20.7 Å². The third kappa shape index (κ3) is 7.07. The number of carbonyl (C=O) groups excluding carboxylic acids is 2. The molecule has 2 amide bonds. The Hall–Kier alpha value is -3.63. The van der Waals surface area contributed by atoms with E-state index in [0.717, 1.165) is 37.1 Å². The van der Waals surface area contributed by atoms with Gasteiger partial charge in [-0.15, -0.1) is 0 Å². The summed E-state index contributed by atoms with van der Waals surface area (Å²) in [5, 5.41) is 20.5. The van der Waals surface area contributed by atoms with Gasteiger partial charge in [-0.05, 0) is 48.9 Å². The molecule has 0 bridgehead atoms. The van der Waals surface area contributed by atoms with Crippen LogP contribution in [0.1, 0.15) is 29.4 Å². The third-order valence-electron chi connectivity index (χ3n) is 7.50. The van der Waals surface area contributed by atoms with Crippen molar-refractivity contribution in [2.45, 2.75) is 25.9 Å². The maximum Gasteiger partial charge on any atom is 0.273 e. The van der Waals surface area contributed by atoms with E-state index in [1.54, 1.807) is 4.90 Å². The molecule has 4 rings (SSSR count). The number of aliphatic hydroxyl groups is 1. The lowest BCUT2D eigenvalue weighted by Crippen LogP contribution is -2.50. The van der Waals surface area contributed by atoms with E-state index in [1.165, 1.54) is 12.1 Å². The lowest BCUT2D eigenvalue weighted by atomic mass is 9.75. The van der Waals surface area contributed by atoms with Crippen LogP contribution < -0.4 is 10.6 Å². The molecule has 10 heteroatoms. The summed E-state index contributed by atoms with van der Waals surface area (Å²) in [7, 11) is 1.81. The monoisotopic (exact) mass is 540 g/mol. The summed E-state index contributed by atoms with van der Waals surface area (Å²) in [6.07, 6.45) is 0.587. The van der Waals surface area contributed by atoms with E-state index >= 15 is 0 Å². The molecule has 0 saturated carbocycles. The van der Waals surface area contributed by atoms with Gasteiger partial charge in [0.2, 0.25) is 5.91 Å². The Morgan fingerprint density at radius 1 is 1.21 bits per heavy atom. The second-order valence-corrected chi connectivity index (χ2v) is 10.1. The molecule has 0 spiro atoms. The Balaban J connectivity index is 1.32. The van der Waals surface area contributed by atoms with Crippen LogP contribution in [0.3, 0.4) is 0 Å². The summed E-state index contributed by atoms with van der Waals surface area (Å²) in [5.74, 6) is -2.75. The van der Waals surface area contributed by atoms with E-state index in [4.69, 9.17) is 4.52 Å². The van der Waals surface area contributed by atoms with Crippen LogP contribution >= 0.6 is 0 Å². The number of aliphatic hydroxyl groups excluding tert-OH is 1. The summed E-state index contributed by atoms with van der Waals surface area (Å²) in [4.78, 5) is 27.7. The Kier molecular flexibility index (Phi) is 9.42. The summed E-state index contributed by atoms with van der Waals surface area (Å²) >= 11 is 0. The van der Waals surface area contributed by atoms with Gasteiger partial charge in [-0.3, -0.25) is 9.59 Å². The molecule has 208 valence electrons. The number of likely N-dealkylation sites (N-methyl/N-ethyl adjacent to an activating group) is 1. The minimum absolute atomic E-state index is 0.0148. The Labute approximate surface area is 226 Å². The predicted octanol–water partition coefficient (Wildman–Crippen LogP) is 3.27. The number of rotatable bonds is 10. The van der Waals surface area contributed by atoms with Crippen molar-refractivity contribution in [3.05, 3.63) is 77.5 Å². The topological polar surface area (TPSA) is 108 Å². The molecule has 0 aliphatic carbocycles. The predicted molar refractivity (Wildman–Crippen MR) is 142 cm³/mol. The molecule has 8 nitrogen and oxygen atoms in total. The molecule has 1 saturated heterocycles. The Morgan fingerprint density at radius 3 is 2.72 bits per heavy atom. The molecule has 1 aliphatic heterocycles. The van der Waals surface area contributed by atoms with E-state index < -0.39 is 23.6 Å². The maximum absolute atomic E-state index is 14.0. The van der Waals surface area contributed by atoms with Crippen LogP contribution in [0.2, 0.25) is 0 Å². The van der Waals surface area contributed by atoms with Crippen LogP contribution in [0.25, 0.3) is 11.3 Å². The van der Waals surface area contributed by atoms with Gasteiger partial charge in [0, 0.05) is 38.8 Å². The van der Waals surface area contributed by atoms with Gasteiger partial charge in [0.15, 0.2) is 11.5 Å². The molecule has 3 aromatic rings. The Bertz CT molecular complexity index is 1270. The van der Waals surface area contributed by atoms with Crippen molar-refractivity contribution >= 4 is 11.8 Å². The van der Waals surface area contributed by atoms with Crippen molar-refractivity contribution in [2.75, 3.05) is 33.2 Å². The van der Waals surface area contributed by atoms with Crippen molar-refractivity contribution in [1.29, 1.82) is 0 Å². The minimum Gasteiger partial charge on any atom is -0.391 e. The van der Waals surface area contributed by atoms with Crippen LogP contribution in [-0.4, -0.2) is 66.3 Å². The highest BCUT2D eigenvalue weighted by Gasteiger charge is 2.38. The molecule has 39 heavy (non-hydrogen) atoms. The van der Waals surface area contributed by atoms with Gasteiger partial charge in [-0.1, -0.05) is 42.4 Å². The van der Waals surface area contributed by atoms with Gasteiger partial charge in [0.05, 0.1) is 17.6 Å². The number of hydrogen-bond donors (Lipinski definition) is 3. The zero-order chi connectivity index (χ0) is 27.9. The quantitative estimate of drug-likeness (QED) is 0.364. The van der Waals surface area contributed by atoms with E-state index in [2.05, 4.69) is 15.8 Å². The number of piperidine rings is 1. The molecule has 2 heterocycles. The van der Waals surface area contributed by atoms with E-state index in [9.17, 15) is 23.5 Å². The number of hydrogen-bond acceptors (Lipinski definition) is 6. The fourth-order valence-electron chi connectivity index (χ4n) is 5.07.